The number of hydrogen-bond donors (Lipinski definition) is 3. The molecule has 7 heteroatoms. The molecule has 0 aliphatic carbocycles. The molecule has 21 heavy (non-hydrogen) atoms. The number of thiazole rings is 1. The van der Waals surface area contributed by atoms with E-state index >= 15 is 0 Å². The molecule has 2 rings (SSSR count). The van der Waals surface area contributed by atoms with E-state index in [2.05, 4.69) is 22.5 Å². The van der Waals surface area contributed by atoms with Gasteiger partial charge in [-0.15, -0.1) is 0 Å². The second kappa shape index (κ2) is 6.78. The first-order valence-corrected chi connectivity index (χ1v) is 7.78. The fourth-order valence-electron chi connectivity index (χ4n) is 1.72. The van der Waals surface area contributed by atoms with E-state index in [-0.39, 0.29) is 11.7 Å². The quantitative estimate of drug-likeness (QED) is 0.782. The van der Waals surface area contributed by atoms with E-state index in [4.69, 9.17) is 17.3 Å². The minimum absolute atomic E-state index is 0.222. The van der Waals surface area contributed by atoms with Gasteiger partial charge in [0.1, 0.15) is 10.7 Å². The van der Waals surface area contributed by atoms with Crippen molar-refractivity contribution in [3.63, 3.8) is 0 Å². The van der Waals surface area contributed by atoms with Crippen LogP contribution in [0.15, 0.2) is 18.2 Å². The number of anilines is 3. The maximum atomic E-state index is 12.3. The zero-order valence-corrected chi connectivity index (χ0v) is 13.4. The summed E-state index contributed by atoms with van der Waals surface area (Å²) in [5, 5.41) is 7.02. The highest BCUT2D eigenvalue weighted by Crippen LogP contribution is 2.28. The molecule has 0 atom stereocenters. The standard InChI is InChI=1S/C14H17ClN4OS/c1-3-6-17-14-19-12(16)11(21-14)13(20)18-10-7-8(2)4-5-9(10)15/h4-5,7H,3,6,16H2,1-2H3,(H,17,19)(H,18,20). The summed E-state index contributed by atoms with van der Waals surface area (Å²) in [5.74, 6) is -0.0815. The Balaban J connectivity index is 2.16. The number of nitrogens with one attached hydrogen (secondary N) is 2. The van der Waals surface area contributed by atoms with Crippen LogP contribution < -0.4 is 16.4 Å². The largest absolute Gasteiger partial charge is 0.382 e. The summed E-state index contributed by atoms with van der Waals surface area (Å²) >= 11 is 7.31. The van der Waals surface area contributed by atoms with Crippen LogP contribution in [0.2, 0.25) is 5.02 Å². The minimum atomic E-state index is -0.304. The Kier molecular flexibility index (Phi) is 5.03. The van der Waals surface area contributed by atoms with Crippen molar-refractivity contribution < 1.29 is 4.79 Å². The van der Waals surface area contributed by atoms with Crippen LogP contribution >= 0.6 is 22.9 Å². The van der Waals surface area contributed by atoms with Crippen LogP contribution in [0.5, 0.6) is 0 Å². The molecule has 1 aromatic heterocycles. The molecule has 5 nitrogen and oxygen atoms in total. The van der Waals surface area contributed by atoms with E-state index in [1.807, 2.05) is 19.1 Å². The lowest BCUT2D eigenvalue weighted by Gasteiger charge is -2.07. The average Bonchev–Trinajstić information content (AvgIpc) is 2.82. The van der Waals surface area contributed by atoms with Crippen LogP contribution in [0.25, 0.3) is 0 Å². The Morgan fingerprint density at radius 1 is 1.48 bits per heavy atom. The van der Waals surface area contributed by atoms with Crippen LogP contribution in [-0.2, 0) is 0 Å². The number of aromatic nitrogens is 1. The number of halogens is 1. The molecule has 0 unspecified atom stereocenters. The fourth-order valence-corrected chi connectivity index (χ4v) is 2.69. The number of benzene rings is 1. The average molecular weight is 325 g/mol. The third-order valence-electron chi connectivity index (χ3n) is 2.76. The normalized spacial score (nSPS) is 10.4. The van der Waals surface area contributed by atoms with Crippen LogP contribution in [0.4, 0.5) is 16.6 Å². The zero-order chi connectivity index (χ0) is 15.4. The smallest absolute Gasteiger partial charge is 0.269 e. The molecule has 0 radical (unpaired) electrons. The lowest BCUT2D eigenvalue weighted by molar-refractivity contribution is 0.103. The number of carbonyl (C=O) groups is 1. The van der Waals surface area contributed by atoms with Crippen LogP contribution in [0, 0.1) is 6.92 Å². The van der Waals surface area contributed by atoms with Gasteiger partial charge in [0.25, 0.3) is 5.91 Å². The summed E-state index contributed by atoms with van der Waals surface area (Å²) < 4.78 is 0. The van der Waals surface area contributed by atoms with E-state index < -0.39 is 0 Å². The van der Waals surface area contributed by atoms with Crippen molar-refractivity contribution in [1.29, 1.82) is 0 Å². The third-order valence-corrected chi connectivity index (χ3v) is 4.11. The summed E-state index contributed by atoms with van der Waals surface area (Å²) in [6.07, 6.45) is 0.972. The number of carbonyl (C=O) groups excluding carboxylic acids is 1. The molecule has 0 aliphatic heterocycles. The Morgan fingerprint density at radius 2 is 2.24 bits per heavy atom. The number of aryl methyl sites for hydroxylation is 1. The second-order valence-corrected chi connectivity index (χ2v) is 6.00. The highest BCUT2D eigenvalue weighted by molar-refractivity contribution is 7.18. The third kappa shape index (κ3) is 3.86. The van der Waals surface area contributed by atoms with Crippen LogP contribution in [-0.4, -0.2) is 17.4 Å². The Morgan fingerprint density at radius 3 is 2.95 bits per heavy atom. The van der Waals surface area contributed by atoms with Crippen molar-refractivity contribution in [1.82, 2.24) is 4.98 Å². The molecule has 1 amide bonds. The summed E-state index contributed by atoms with van der Waals surface area (Å²) in [7, 11) is 0. The zero-order valence-electron chi connectivity index (χ0n) is 11.9. The van der Waals surface area contributed by atoms with Gasteiger partial charge in [-0.1, -0.05) is 35.9 Å². The molecule has 2 aromatic rings. The van der Waals surface area contributed by atoms with Gasteiger partial charge in [-0.3, -0.25) is 4.79 Å². The first-order valence-electron chi connectivity index (χ1n) is 6.59. The van der Waals surface area contributed by atoms with E-state index in [0.29, 0.717) is 20.7 Å². The van der Waals surface area contributed by atoms with Gasteiger partial charge in [-0.25, -0.2) is 4.98 Å². The lowest BCUT2D eigenvalue weighted by Crippen LogP contribution is -2.12. The maximum absolute atomic E-state index is 12.3. The number of amides is 1. The van der Waals surface area contributed by atoms with Gasteiger partial charge in [-0.05, 0) is 31.0 Å². The molecule has 112 valence electrons. The molecule has 0 saturated heterocycles. The maximum Gasteiger partial charge on any atom is 0.269 e. The molecule has 0 spiro atoms. The van der Waals surface area contributed by atoms with E-state index in [9.17, 15) is 4.79 Å². The molecule has 1 aromatic carbocycles. The predicted molar refractivity (Wildman–Crippen MR) is 89.4 cm³/mol. The molecule has 1 heterocycles. The Hall–Kier alpha value is -1.79. The summed E-state index contributed by atoms with van der Waals surface area (Å²) in [5.41, 5.74) is 7.38. The topological polar surface area (TPSA) is 80.0 Å². The first-order chi connectivity index (χ1) is 10.0. The lowest BCUT2D eigenvalue weighted by atomic mass is 10.2. The molecular formula is C14H17ClN4OS. The van der Waals surface area contributed by atoms with Gasteiger partial charge in [0.05, 0.1) is 10.7 Å². The van der Waals surface area contributed by atoms with Crippen LogP contribution in [0.3, 0.4) is 0 Å². The van der Waals surface area contributed by atoms with Gasteiger partial charge < -0.3 is 16.4 Å². The Labute approximate surface area is 132 Å². The highest BCUT2D eigenvalue weighted by Gasteiger charge is 2.17. The van der Waals surface area contributed by atoms with E-state index in [1.54, 1.807) is 6.07 Å². The molecule has 0 saturated carbocycles. The van der Waals surface area contributed by atoms with Gasteiger partial charge in [0, 0.05) is 6.54 Å². The van der Waals surface area contributed by atoms with Crippen molar-refractivity contribution in [2.45, 2.75) is 20.3 Å². The second-order valence-electron chi connectivity index (χ2n) is 4.60. The molecule has 4 N–H and O–H groups in total. The monoisotopic (exact) mass is 324 g/mol. The number of hydrogen-bond acceptors (Lipinski definition) is 5. The summed E-state index contributed by atoms with van der Waals surface area (Å²) in [4.78, 5) is 16.8. The van der Waals surface area contributed by atoms with E-state index in [1.165, 1.54) is 11.3 Å². The number of nitrogen functional groups attached to an aromatic ring is 1. The first kappa shape index (κ1) is 15.6. The molecule has 0 fully saturated rings. The van der Waals surface area contributed by atoms with Crippen molar-refractivity contribution in [3.05, 3.63) is 33.7 Å². The number of rotatable bonds is 5. The fraction of sp³-hybridized carbons (Fsp3) is 0.286. The van der Waals surface area contributed by atoms with Crippen LogP contribution in [0.1, 0.15) is 28.6 Å². The van der Waals surface area contributed by atoms with Gasteiger partial charge in [0.2, 0.25) is 0 Å². The van der Waals surface area contributed by atoms with Crippen molar-refractivity contribution in [3.8, 4) is 0 Å². The molecule has 0 bridgehead atoms. The highest BCUT2D eigenvalue weighted by atomic mass is 35.5. The Bertz CT molecular complexity index is 656. The number of nitrogens with two attached hydrogens (primary N) is 1. The minimum Gasteiger partial charge on any atom is -0.382 e. The van der Waals surface area contributed by atoms with Gasteiger partial charge >= 0.3 is 0 Å². The van der Waals surface area contributed by atoms with Crippen molar-refractivity contribution in [2.24, 2.45) is 0 Å². The van der Waals surface area contributed by atoms with Crippen molar-refractivity contribution >= 4 is 45.5 Å². The molecule has 0 aliphatic rings. The SMILES string of the molecule is CCCNc1nc(N)c(C(=O)Nc2cc(C)ccc2Cl)s1. The summed E-state index contributed by atoms with van der Waals surface area (Å²) in [6.45, 7) is 4.77. The van der Waals surface area contributed by atoms with Crippen molar-refractivity contribution in [2.75, 3.05) is 22.9 Å². The predicted octanol–water partition coefficient (Wildman–Crippen LogP) is 3.76. The number of nitrogens with zero attached hydrogens (tertiary/aromatic N) is 1. The molecular weight excluding hydrogens is 308 g/mol. The van der Waals surface area contributed by atoms with Gasteiger partial charge in [-0.2, -0.15) is 0 Å². The van der Waals surface area contributed by atoms with Gasteiger partial charge in [0.15, 0.2) is 5.13 Å². The van der Waals surface area contributed by atoms with E-state index in [0.717, 1.165) is 18.5 Å². The summed E-state index contributed by atoms with van der Waals surface area (Å²) in [6, 6.07) is 5.44.